The average molecular weight is 268 g/mol. The average Bonchev–Trinajstić information content (AvgIpc) is 2.41. The van der Waals surface area contributed by atoms with Gasteiger partial charge in [-0.05, 0) is 20.8 Å². The third kappa shape index (κ3) is 3.43. The van der Waals surface area contributed by atoms with Crippen molar-refractivity contribution in [2.75, 3.05) is 0 Å². The lowest BCUT2D eigenvalue weighted by atomic mass is 10.2. The van der Waals surface area contributed by atoms with Gasteiger partial charge < -0.3 is 9.30 Å². The standard InChI is InChI=1S/C8H14ClN3O3S/c1-8(2,3)15-5-6-10-11-7(12(6)4)16(9,13)14/h5H2,1-4H3. The predicted molar refractivity (Wildman–Crippen MR) is 58.6 cm³/mol. The smallest absolute Gasteiger partial charge is 0.296 e. The second kappa shape index (κ2) is 4.31. The minimum Gasteiger partial charge on any atom is -0.368 e. The molecule has 0 saturated heterocycles. The molecule has 1 aromatic heterocycles. The molecule has 0 atom stereocenters. The normalized spacial score (nSPS) is 13.1. The first kappa shape index (κ1) is 13.4. The molecule has 8 heteroatoms. The molecule has 1 rings (SSSR count). The van der Waals surface area contributed by atoms with Crippen LogP contribution in [0.3, 0.4) is 0 Å². The van der Waals surface area contributed by atoms with Crippen LogP contribution in [0.4, 0.5) is 0 Å². The largest absolute Gasteiger partial charge is 0.368 e. The predicted octanol–water partition coefficient (Wildman–Crippen LogP) is 1.06. The first-order valence-electron chi connectivity index (χ1n) is 4.58. The maximum Gasteiger partial charge on any atom is 0.296 e. The van der Waals surface area contributed by atoms with Gasteiger partial charge >= 0.3 is 0 Å². The fourth-order valence-corrected chi connectivity index (χ4v) is 1.94. The van der Waals surface area contributed by atoms with Gasteiger partial charge in [-0.3, -0.25) is 0 Å². The van der Waals surface area contributed by atoms with Crippen molar-refractivity contribution >= 4 is 19.7 Å². The van der Waals surface area contributed by atoms with Crippen LogP contribution in [0.5, 0.6) is 0 Å². The van der Waals surface area contributed by atoms with Crippen molar-refractivity contribution in [1.29, 1.82) is 0 Å². The van der Waals surface area contributed by atoms with Crippen LogP contribution in [0.1, 0.15) is 26.6 Å². The molecule has 0 N–H and O–H groups in total. The van der Waals surface area contributed by atoms with Crippen molar-refractivity contribution in [3.8, 4) is 0 Å². The number of hydrogen-bond donors (Lipinski definition) is 0. The van der Waals surface area contributed by atoms with Gasteiger partial charge in [0, 0.05) is 17.7 Å². The van der Waals surface area contributed by atoms with Crippen LogP contribution in [-0.4, -0.2) is 28.8 Å². The molecule has 0 fully saturated rings. The summed E-state index contributed by atoms with van der Waals surface area (Å²) in [4.78, 5) is 0. The molecule has 0 radical (unpaired) electrons. The Morgan fingerprint density at radius 3 is 2.31 bits per heavy atom. The molecule has 0 aromatic carbocycles. The maximum atomic E-state index is 11.1. The number of hydrogen-bond acceptors (Lipinski definition) is 5. The summed E-state index contributed by atoms with van der Waals surface area (Å²) in [7, 11) is 2.84. The van der Waals surface area contributed by atoms with Gasteiger partial charge in [0.2, 0.25) is 0 Å². The van der Waals surface area contributed by atoms with Gasteiger partial charge in [-0.1, -0.05) is 0 Å². The second-order valence-electron chi connectivity index (χ2n) is 4.30. The van der Waals surface area contributed by atoms with Crippen molar-refractivity contribution in [1.82, 2.24) is 14.8 Å². The summed E-state index contributed by atoms with van der Waals surface area (Å²) in [6, 6.07) is 0. The molecule has 16 heavy (non-hydrogen) atoms. The van der Waals surface area contributed by atoms with Crippen molar-refractivity contribution in [3.63, 3.8) is 0 Å². The van der Waals surface area contributed by atoms with E-state index in [0.29, 0.717) is 5.82 Å². The topological polar surface area (TPSA) is 74.1 Å². The van der Waals surface area contributed by atoms with Crippen LogP contribution in [0.2, 0.25) is 0 Å². The maximum absolute atomic E-state index is 11.1. The first-order chi connectivity index (χ1) is 7.11. The van der Waals surface area contributed by atoms with Gasteiger partial charge in [0.05, 0.1) is 5.60 Å². The molecule has 0 aliphatic heterocycles. The molecule has 0 amide bonds. The monoisotopic (exact) mass is 267 g/mol. The van der Waals surface area contributed by atoms with Gasteiger partial charge in [0.1, 0.15) is 6.61 Å². The summed E-state index contributed by atoms with van der Waals surface area (Å²) in [5, 5.41) is 6.93. The minimum atomic E-state index is -3.86. The molecule has 0 aliphatic carbocycles. The fourth-order valence-electron chi connectivity index (χ4n) is 0.964. The van der Waals surface area contributed by atoms with Crippen molar-refractivity contribution in [2.45, 2.75) is 38.1 Å². The molecule has 0 bridgehead atoms. The van der Waals surface area contributed by atoms with E-state index in [1.165, 1.54) is 11.6 Å². The summed E-state index contributed by atoms with van der Waals surface area (Å²) in [6.07, 6.45) is 0. The van der Waals surface area contributed by atoms with Gasteiger partial charge in [-0.25, -0.2) is 8.42 Å². The Hall–Kier alpha value is -0.660. The SMILES string of the molecule is Cn1c(COC(C)(C)C)nnc1S(=O)(=O)Cl. The van der Waals surface area contributed by atoms with E-state index in [1.54, 1.807) is 0 Å². The van der Waals surface area contributed by atoms with Gasteiger partial charge in [-0.2, -0.15) is 0 Å². The molecule has 6 nitrogen and oxygen atoms in total. The highest BCUT2D eigenvalue weighted by molar-refractivity contribution is 8.13. The van der Waals surface area contributed by atoms with Crippen LogP contribution in [0.25, 0.3) is 0 Å². The summed E-state index contributed by atoms with van der Waals surface area (Å²) in [5.41, 5.74) is -0.327. The number of ether oxygens (including phenoxy) is 1. The molecular formula is C8H14ClN3O3S. The molecule has 1 heterocycles. The molecule has 1 aromatic rings. The first-order valence-corrected chi connectivity index (χ1v) is 6.89. The lowest BCUT2D eigenvalue weighted by Crippen LogP contribution is -2.20. The lowest BCUT2D eigenvalue weighted by Gasteiger charge is -2.18. The van der Waals surface area contributed by atoms with E-state index in [0.717, 1.165) is 0 Å². The molecule has 0 spiro atoms. The van der Waals surface area contributed by atoms with E-state index in [-0.39, 0.29) is 17.4 Å². The number of aromatic nitrogens is 3. The molecule has 92 valence electrons. The Kier molecular flexibility index (Phi) is 3.61. The van der Waals surface area contributed by atoms with E-state index in [4.69, 9.17) is 15.4 Å². The number of rotatable bonds is 3. The van der Waals surface area contributed by atoms with Gasteiger partial charge in [-0.15, -0.1) is 10.2 Å². The zero-order chi connectivity index (χ0) is 12.6. The van der Waals surface area contributed by atoms with Gasteiger partial charge in [0.25, 0.3) is 14.2 Å². The highest BCUT2D eigenvalue weighted by Gasteiger charge is 2.21. The third-order valence-corrected chi connectivity index (χ3v) is 2.98. The summed E-state index contributed by atoms with van der Waals surface area (Å²) < 4.78 is 28.9. The minimum absolute atomic E-state index is 0.180. The number of halogens is 1. The highest BCUT2D eigenvalue weighted by Crippen LogP contribution is 2.15. The Bertz CT molecular complexity index is 475. The Balaban J connectivity index is 2.90. The van der Waals surface area contributed by atoms with Crippen LogP contribution in [0, 0.1) is 0 Å². The zero-order valence-electron chi connectivity index (χ0n) is 9.56. The fraction of sp³-hybridized carbons (Fsp3) is 0.750. The van der Waals surface area contributed by atoms with Crippen LogP contribution < -0.4 is 0 Å². The Morgan fingerprint density at radius 2 is 1.94 bits per heavy atom. The summed E-state index contributed by atoms with van der Waals surface area (Å²) >= 11 is 0. The third-order valence-electron chi connectivity index (χ3n) is 1.78. The van der Waals surface area contributed by atoms with Crippen LogP contribution >= 0.6 is 10.7 Å². The van der Waals surface area contributed by atoms with E-state index in [1.807, 2.05) is 20.8 Å². The van der Waals surface area contributed by atoms with Crippen LogP contribution in [-0.2, 0) is 27.4 Å². The summed E-state index contributed by atoms with van der Waals surface area (Å²) in [6.45, 7) is 5.85. The van der Waals surface area contributed by atoms with E-state index in [2.05, 4.69) is 10.2 Å². The van der Waals surface area contributed by atoms with Crippen LogP contribution in [0.15, 0.2) is 5.16 Å². The zero-order valence-corrected chi connectivity index (χ0v) is 11.1. The van der Waals surface area contributed by atoms with E-state index >= 15 is 0 Å². The second-order valence-corrected chi connectivity index (χ2v) is 6.76. The van der Waals surface area contributed by atoms with Crippen molar-refractivity contribution in [2.24, 2.45) is 7.05 Å². The van der Waals surface area contributed by atoms with E-state index in [9.17, 15) is 8.42 Å². The lowest BCUT2D eigenvalue weighted by molar-refractivity contribution is -0.0192. The van der Waals surface area contributed by atoms with Crippen molar-refractivity contribution < 1.29 is 13.2 Å². The van der Waals surface area contributed by atoms with Gasteiger partial charge in [0.15, 0.2) is 5.82 Å². The summed E-state index contributed by atoms with van der Waals surface area (Å²) in [5.74, 6) is 0.411. The number of nitrogens with zero attached hydrogens (tertiary/aromatic N) is 3. The molecular weight excluding hydrogens is 254 g/mol. The quantitative estimate of drug-likeness (QED) is 0.766. The molecule has 0 saturated carbocycles. The Labute approximate surface area is 99.0 Å². The molecule has 0 unspecified atom stereocenters. The highest BCUT2D eigenvalue weighted by atomic mass is 35.7. The van der Waals surface area contributed by atoms with Crippen molar-refractivity contribution in [3.05, 3.63) is 5.82 Å². The molecule has 0 aliphatic rings. The van der Waals surface area contributed by atoms with E-state index < -0.39 is 9.05 Å². The Morgan fingerprint density at radius 1 is 1.38 bits per heavy atom.